The Morgan fingerprint density at radius 1 is 1.05 bits per heavy atom. The lowest BCUT2D eigenvalue weighted by Crippen LogP contribution is -2.52. The van der Waals surface area contributed by atoms with E-state index in [0.717, 1.165) is 0 Å². The fourth-order valence-corrected chi connectivity index (χ4v) is 1.54. The predicted octanol–water partition coefficient (Wildman–Crippen LogP) is 5.57. The Labute approximate surface area is 119 Å². The quantitative estimate of drug-likeness (QED) is 0.630. The second kappa shape index (κ2) is 5.82. The molecule has 0 aliphatic heterocycles. The predicted molar refractivity (Wildman–Crippen MR) is 60.3 cm³/mol. The maximum atomic E-state index is 13.1. The Balaban J connectivity index is 3.00. The normalized spacial score (nSPS) is 14.4. The topological polar surface area (TPSA) is 0 Å². The van der Waals surface area contributed by atoms with Gasteiger partial charge in [0.15, 0.2) is 5.83 Å². The Morgan fingerprint density at radius 3 is 2.10 bits per heavy atom. The van der Waals surface area contributed by atoms with E-state index in [1.165, 1.54) is 24.3 Å². The summed E-state index contributed by atoms with van der Waals surface area (Å²) >= 11 is 5.55. The molecular weight excluding hydrogens is 332 g/mol. The van der Waals surface area contributed by atoms with Crippen LogP contribution >= 0.6 is 11.6 Å². The number of allylic oxidation sites excluding steroid dienone is 2. The van der Waals surface area contributed by atoms with E-state index < -0.39 is 30.3 Å². The highest BCUT2D eigenvalue weighted by atomic mass is 35.5. The zero-order valence-electron chi connectivity index (χ0n) is 10.00. The van der Waals surface area contributed by atoms with E-state index in [2.05, 4.69) is 0 Å². The highest BCUT2D eigenvalue weighted by Gasteiger charge is 2.74. The Bertz CT molecular complexity index is 532. The Morgan fingerprint density at radius 2 is 1.62 bits per heavy atom. The van der Waals surface area contributed by atoms with Crippen LogP contribution in [0.15, 0.2) is 36.2 Å². The van der Waals surface area contributed by atoms with Crippen molar-refractivity contribution in [3.8, 4) is 0 Å². The van der Waals surface area contributed by atoms with Crippen molar-refractivity contribution < 1.29 is 35.1 Å². The van der Waals surface area contributed by atoms with Gasteiger partial charge in [0.05, 0.1) is 0 Å². The molecule has 0 aliphatic carbocycles. The first-order chi connectivity index (χ1) is 9.39. The van der Waals surface area contributed by atoms with E-state index in [1.807, 2.05) is 0 Å². The monoisotopic (exact) mass is 338 g/mol. The van der Waals surface area contributed by atoms with Gasteiger partial charge < -0.3 is 0 Å². The summed E-state index contributed by atoms with van der Waals surface area (Å²) in [5.41, 5.74) is 0.170. The average molecular weight is 339 g/mol. The standard InChI is InChI=1S/C12H7ClF8/c13-8-3-1-2-7(6-8)4-5-9(14)10(15,16)11(17,18)12(19,20)21/h1-3,5-6H,4H2/b9-5+. The maximum absolute atomic E-state index is 13.1. The van der Waals surface area contributed by atoms with Crippen LogP contribution in [0, 0.1) is 0 Å². The van der Waals surface area contributed by atoms with Crippen molar-refractivity contribution >= 4 is 11.6 Å². The Kier molecular flexibility index (Phi) is 4.92. The molecule has 0 N–H and O–H groups in total. The van der Waals surface area contributed by atoms with Crippen molar-refractivity contribution in [3.05, 3.63) is 46.8 Å². The highest BCUT2D eigenvalue weighted by molar-refractivity contribution is 6.30. The van der Waals surface area contributed by atoms with E-state index in [1.54, 1.807) is 0 Å². The van der Waals surface area contributed by atoms with Gasteiger partial charge in [-0.15, -0.1) is 0 Å². The van der Waals surface area contributed by atoms with Crippen LogP contribution in [0.5, 0.6) is 0 Å². The van der Waals surface area contributed by atoms with Crippen LogP contribution in [-0.4, -0.2) is 18.0 Å². The summed E-state index contributed by atoms with van der Waals surface area (Å²) in [5.74, 6) is -15.3. The van der Waals surface area contributed by atoms with Crippen molar-refractivity contribution in [1.82, 2.24) is 0 Å². The summed E-state index contributed by atoms with van der Waals surface area (Å²) < 4.78 is 99.7. The fourth-order valence-electron chi connectivity index (χ4n) is 1.33. The SMILES string of the molecule is F/C(=C/Cc1cccc(Cl)c1)C(F)(F)C(F)(F)C(F)(F)F. The molecule has 0 atom stereocenters. The van der Waals surface area contributed by atoms with Crippen molar-refractivity contribution in [3.63, 3.8) is 0 Å². The van der Waals surface area contributed by atoms with Gasteiger partial charge in [-0.1, -0.05) is 23.7 Å². The molecule has 0 spiro atoms. The summed E-state index contributed by atoms with van der Waals surface area (Å²) in [6.45, 7) is 0. The first-order valence-corrected chi connectivity index (χ1v) is 5.70. The van der Waals surface area contributed by atoms with E-state index in [-0.39, 0.29) is 16.7 Å². The van der Waals surface area contributed by atoms with Crippen molar-refractivity contribution in [2.75, 3.05) is 0 Å². The highest BCUT2D eigenvalue weighted by Crippen LogP contribution is 2.50. The summed E-state index contributed by atoms with van der Waals surface area (Å²) in [5, 5.41) is 0.175. The largest absolute Gasteiger partial charge is 0.460 e. The second-order valence-corrected chi connectivity index (χ2v) is 4.47. The molecule has 118 valence electrons. The minimum atomic E-state index is -6.57. The summed E-state index contributed by atoms with van der Waals surface area (Å²) in [6.07, 6.45) is -7.22. The van der Waals surface area contributed by atoms with Crippen LogP contribution in [0.25, 0.3) is 0 Å². The van der Waals surface area contributed by atoms with E-state index in [0.29, 0.717) is 0 Å². The lowest BCUT2D eigenvalue weighted by atomic mass is 10.1. The van der Waals surface area contributed by atoms with Gasteiger partial charge in [0.25, 0.3) is 0 Å². The van der Waals surface area contributed by atoms with E-state index >= 15 is 0 Å². The van der Waals surface area contributed by atoms with Crippen LogP contribution < -0.4 is 0 Å². The van der Waals surface area contributed by atoms with Crippen molar-refractivity contribution in [2.24, 2.45) is 0 Å². The van der Waals surface area contributed by atoms with Gasteiger partial charge >= 0.3 is 18.0 Å². The lowest BCUT2D eigenvalue weighted by Gasteiger charge is -2.26. The molecule has 0 fully saturated rings. The molecule has 0 bridgehead atoms. The minimum absolute atomic E-state index is 0.0364. The molecule has 21 heavy (non-hydrogen) atoms. The van der Waals surface area contributed by atoms with E-state index in [9.17, 15) is 35.1 Å². The smallest absolute Gasteiger partial charge is 0.205 e. The molecule has 0 aromatic heterocycles. The lowest BCUT2D eigenvalue weighted by molar-refractivity contribution is -0.347. The molecule has 1 rings (SSSR count). The number of halogens is 9. The number of hydrogen-bond donors (Lipinski definition) is 0. The second-order valence-electron chi connectivity index (χ2n) is 4.03. The molecule has 0 saturated heterocycles. The van der Waals surface area contributed by atoms with Crippen molar-refractivity contribution in [1.29, 1.82) is 0 Å². The van der Waals surface area contributed by atoms with Gasteiger partial charge in [0, 0.05) is 5.02 Å². The molecule has 0 saturated carbocycles. The molecule has 0 unspecified atom stereocenters. The molecule has 1 aromatic carbocycles. The zero-order valence-corrected chi connectivity index (χ0v) is 10.8. The third-order valence-corrected chi connectivity index (χ3v) is 2.69. The Hall–Kier alpha value is -1.31. The molecule has 9 heteroatoms. The van der Waals surface area contributed by atoms with Crippen LogP contribution in [0.4, 0.5) is 35.1 Å². The molecule has 1 aromatic rings. The van der Waals surface area contributed by atoms with Gasteiger partial charge in [-0.25, -0.2) is 4.39 Å². The number of benzene rings is 1. The first-order valence-electron chi connectivity index (χ1n) is 5.32. The maximum Gasteiger partial charge on any atom is 0.460 e. The van der Waals surface area contributed by atoms with Crippen LogP contribution in [0.3, 0.4) is 0 Å². The van der Waals surface area contributed by atoms with Gasteiger partial charge in [-0.2, -0.15) is 30.7 Å². The molecular formula is C12H7ClF8. The van der Waals surface area contributed by atoms with Crippen LogP contribution in [-0.2, 0) is 6.42 Å². The van der Waals surface area contributed by atoms with Crippen molar-refractivity contribution in [2.45, 2.75) is 24.4 Å². The summed E-state index contributed by atoms with van der Waals surface area (Å²) in [4.78, 5) is 0. The third-order valence-electron chi connectivity index (χ3n) is 2.46. The number of rotatable bonds is 4. The minimum Gasteiger partial charge on any atom is -0.205 e. The molecule has 0 nitrogen and oxygen atoms in total. The number of alkyl halides is 7. The molecule has 0 aliphatic rings. The van der Waals surface area contributed by atoms with Gasteiger partial charge in [0.1, 0.15) is 0 Å². The molecule has 0 radical (unpaired) electrons. The summed E-state index contributed by atoms with van der Waals surface area (Å²) in [7, 11) is 0. The van der Waals surface area contributed by atoms with Gasteiger partial charge in [-0.3, -0.25) is 0 Å². The molecule has 0 amide bonds. The van der Waals surface area contributed by atoms with Crippen LogP contribution in [0.2, 0.25) is 5.02 Å². The first kappa shape index (κ1) is 17.7. The summed E-state index contributed by atoms with van der Waals surface area (Å²) in [6, 6.07) is 5.34. The van der Waals surface area contributed by atoms with Gasteiger partial charge in [-0.05, 0) is 30.2 Å². The number of hydrogen-bond acceptors (Lipinski definition) is 0. The van der Waals surface area contributed by atoms with E-state index in [4.69, 9.17) is 11.6 Å². The van der Waals surface area contributed by atoms with Gasteiger partial charge in [0.2, 0.25) is 0 Å². The third kappa shape index (κ3) is 3.66. The average Bonchev–Trinajstić information content (AvgIpc) is 2.34. The van der Waals surface area contributed by atoms with Crippen LogP contribution in [0.1, 0.15) is 5.56 Å². The zero-order chi connectivity index (χ0) is 16.5. The fraction of sp³-hybridized carbons (Fsp3) is 0.333. The molecule has 0 heterocycles.